The van der Waals surface area contributed by atoms with Gasteiger partial charge in [-0.25, -0.2) is 9.98 Å². The third-order valence-corrected chi connectivity index (χ3v) is 4.03. The summed E-state index contributed by atoms with van der Waals surface area (Å²) in [6, 6.07) is 8.38. The second-order valence-corrected chi connectivity index (χ2v) is 5.84. The van der Waals surface area contributed by atoms with Crippen LogP contribution in [0.5, 0.6) is 0 Å². The van der Waals surface area contributed by atoms with E-state index in [-0.39, 0.29) is 18.1 Å². The summed E-state index contributed by atoms with van der Waals surface area (Å²) in [5.41, 5.74) is 2.89. The Kier molecular flexibility index (Phi) is 5.33. The van der Waals surface area contributed by atoms with Gasteiger partial charge in [-0.2, -0.15) is 0 Å². The lowest BCUT2D eigenvalue weighted by Gasteiger charge is -2.30. The van der Waals surface area contributed by atoms with Gasteiger partial charge >= 0.3 is 0 Å². The van der Waals surface area contributed by atoms with E-state index >= 15 is 0 Å². The highest BCUT2D eigenvalue weighted by Crippen LogP contribution is 2.18. The van der Waals surface area contributed by atoms with Gasteiger partial charge in [-0.1, -0.05) is 24.3 Å². The van der Waals surface area contributed by atoms with Gasteiger partial charge in [-0.15, -0.1) is 0 Å². The molecule has 2 aliphatic rings. The quantitative estimate of drug-likeness (QED) is 0.836. The molecule has 0 aliphatic carbocycles. The second-order valence-electron chi connectivity index (χ2n) is 5.84. The van der Waals surface area contributed by atoms with Crippen molar-refractivity contribution in [3.63, 3.8) is 0 Å². The summed E-state index contributed by atoms with van der Waals surface area (Å²) in [7, 11) is 0. The van der Waals surface area contributed by atoms with Gasteiger partial charge in [0.25, 0.3) is 5.91 Å². The van der Waals surface area contributed by atoms with E-state index in [1.54, 1.807) is 0 Å². The van der Waals surface area contributed by atoms with E-state index in [0.29, 0.717) is 6.54 Å². The van der Waals surface area contributed by atoms with Crippen LogP contribution in [-0.2, 0) is 17.8 Å². The highest BCUT2D eigenvalue weighted by Gasteiger charge is 2.19. The van der Waals surface area contributed by atoms with E-state index in [1.165, 1.54) is 29.6 Å². The number of rotatable bonds is 5. The minimum atomic E-state index is -0.629. The number of aliphatic imine (C=N–C) groups is 2. The number of fused-ring (bicyclic) bond motifs is 1. The SMILES string of the molecule is O=C(NC[C@@H](O)CN1CCc2ccccc2C1)C1=CN=C=CC=N1. The predicted molar refractivity (Wildman–Crippen MR) is 93.0 cm³/mol. The van der Waals surface area contributed by atoms with Crippen molar-refractivity contribution in [3.05, 3.63) is 53.4 Å². The molecule has 0 unspecified atom stereocenters. The van der Waals surface area contributed by atoms with Crippen molar-refractivity contribution >= 4 is 18.0 Å². The first kappa shape index (κ1) is 16.3. The molecule has 0 aromatic heterocycles. The van der Waals surface area contributed by atoms with Crippen LogP contribution in [0.1, 0.15) is 11.1 Å². The van der Waals surface area contributed by atoms with Crippen molar-refractivity contribution in [1.29, 1.82) is 0 Å². The fraction of sp³-hybridized carbons (Fsp3) is 0.333. The molecule has 6 nitrogen and oxygen atoms in total. The maximum atomic E-state index is 12.0. The number of amides is 1. The van der Waals surface area contributed by atoms with Crippen LogP contribution in [0, 0.1) is 0 Å². The number of aliphatic hydroxyl groups excluding tert-OH is 1. The van der Waals surface area contributed by atoms with Crippen molar-refractivity contribution in [1.82, 2.24) is 10.2 Å². The lowest BCUT2D eigenvalue weighted by molar-refractivity contribution is -0.118. The van der Waals surface area contributed by atoms with Crippen LogP contribution in [0.15, 0.2) is 52.2 Å². The monoisotopic (exact) mass is 324 g/mol. The molecule has 1 atom stereocenters. The van der Waals surface area contributed by atoms with E-state index in [2.05, 4.69) is 44.3 Å². The standard InChI is InChI=1S/C18H20N4O2/c23-16(10-21-18(24)17-11-19-7-3-8-20-17)13-22-9-6-14-4-1-2-5-15(14)12-22/h1-5,8,11,16,23H,6,9-10,12-13H2,(H,21,24)/t16-/m1/s1. The van der Waals surface area contributed by atoms with Gasteiger partial charge < -0.3 is 10.4 Å². The molecule has 1 aromatic rings. The molecule has 0 saturated carbocycles. The Labute approximate surface area is 140 Å². The van der Waals surface area contributed by atoms with Crippen LogP contribution in [0.2, 0.25) is 0 Å². The van der Waals surface area contributed by atoms with Gasteiger partial charge in [0.05, 0.1) is 12.3 Å². The molecule has 0 spiro atoms. The summed E-state index contributed by atoms with van der Waals surface area (Å²) in [4.78, 5) is 21.9. The zero-order valence-corrected chi connectivity index (χ0v) is 13.4. The molecule has 2 N–H and O–H groups in total. The first-order chi connectivity index (χ1) is 11.7. The highest BCUT2D eigenvalue weighted by molar-refractivity contribution is 5.97. The summed E-state index contributed by atoms with van der Waals surface area (Å²) in [6.45, 7) is 2.45. The van der Waals surface area contributed by atoms with Crippen LogP contribution >= 0.6 is 0 Å². The maximum Gasteiger partial charge on any atom is 0.271 e. The molecule has 3 rings (SSSR count). The third-order valence-electron chi connectivity index (χ3n) is 4.03. The number of β-amino-alcohol motifs (C(OH)–C–C–N with tert-alkyl or cyclic N) is 1. The van der Waals surface area contributed by atoms with Crippen LogP contribution < -0.4 is 5.32 Å². The third kappa shape index (κ3) is 4.26. The summed E-state index contributed by atoms with van der Waals surface area (Å²) < 4.78 is 0. The Morgan fingerprint density at radius 1 is 1.38 bits per heavy atom. The normalized spacial score (nSPS) is 17.8. The van der Waals surface area contributed by atoms with Gasteiger partial charge in [0.1, 0.15) is 5.70 Å². The fourth-order valence-electron chi connectivity index (χ4n) is 2.82. The van der Waals surface area contributed by atoms with E-state index in [1.807, 2.05) is 6.07 Å². The topological polar surface area (TPSA) is 77.3 Å². The molecule has 6 heteroatoms. The first-order valence-electron chi connectivity index (χ1n) is 7.99. The van der Waals surface area contributed by atoms with E-state index in [4.69, 9.17) is 0 Å². The van der Waals surface area contributed by atoms with Gasteiger partial charge in [-0.05, 0) is 23.4 Å². The Bertz CT molecular complexity index is 732. The molecule has 2 aliphatic heterocycles. The fourth-order valence-corrected chi connectivity index (χ4v) is 2.82. The van der Waals surface area contributed by atoms with Crippen molar-refractivity contribution in [2.45, 2.75) is 19.1 Å². The van der Waals surface area contributed by atoms with Crippen molar-refractivity contribution in [2.24, 2.45) is 9.98 Å². The molecule has 24 heavy (non-hydrogen) atoms. The smallest absolute Gasteiger partial charge is 0.271 e. The summed E-state index contributed by atoms with van der Waals surface area (Å²) in [5, 5.41) is 12.9. The molecule has 0 radical (unpaired) electrons. The van der Waals surface area contributed by atoms with Gasteiger partial charge in [0.15, 0.2) is 0 Å². The Morgan fingerprint density at radius 3 is 3.08 bits per heavy atom. The van der Waals surface area contributed by atoms with Crippen LogP contribution in [0.25, 0.3) is 0 Å². The first-order valence-corrected chi connectivity index (χ1v) is 7.99. The van der Waals surface area contributed by atoms with Gasteiger partial charge in [0.2, 0.25) is 0 Å². The van der Waals surface area contributed by atoms with E-state index in [9.17, 15) is 9.90 Å². The molecule has 0 saturated heterocycles. The molecular formula is C18H20N4O2. The van der Waals surface area contributed by atoms with E-state index < -0.39 is 6.10 Å². The lowest BCUT2D eigenvalue weighted by atomic mass is 10.00. The maximum absolute atomic E-state index is 12.0. The number of hydrogen-bond donors (Lipinski definition) is 2. The average Bonchev–Trinajstić information content (AvgIpc) is 2.89. The Hall–Kier alpha value is -2.53. The average molecular weight is 324 g/mol. The molecule has 1 amide bonds. The molecular weight excluding hydrogens is 304 g/mol. The number of allylic oxidation sites excluding steroid dienone is 1. The summed E-state index contributed by atoms with van der Waals surface area (Å²) in [6.07, 6.45) is 4.70. The molecule has 0 bridgehead atoms. The second kappa shape index (κ2) is 7.84. The van der Waals surface area contributed by atoms with Crippen molar-refractivity contribution < 1.29 is 9.90 Å². The van der Waals surface area contributed by atoms with Crippen LogP contribution in [-0.4, -0.2) is 53.7 Å². The number of nitrogens with zero attached hydrogens (tertiary/aromatic N) is 3. The highest BCUT2D eigenvalue weighted by atomic mass is 16.3. The lowest BCUT2D eigenvalue weighted by Crippen LogP contribution is -2.42. The van der Waals surface area contributed by atoms with Crippen molar-refractivity contribution in [3.8, 4) is 0 Å². The number of aliphatic hydroxyl groups is 1. The van der Waals surface area contributed by atoms with E-state index in [0.717, 1.165) is 19.5 Å². The predicted octanol–water partition coefficient (Wildman–Crippen LogP) is 0.674. The molecule has 124 valence electrons. The van der Waals surface area contributed by atoms with Crippen LogP contribution in [0.4, 0.5) is 0 Å². The summed E-state index contributed by atoms with van der Waals surface area (Å²) in [5.74, 6) is 2.25. The largest absolute Gasteiger partial charge is 0.390 e. The van der Waals surface area contributed by atoms with Crippen molar-refractivity contribution in [2.75, 3.05) is 19.6 Å². The summed E-state index contributed by atoms with van der Waals surface area (Å²) >= 11 is 0. The number of nitrogens with one attached hydrogen (secondary N) is 1. The Balaban J connectivity index is 1.46. The van der Waals surface area contributed by atoms with Crippen LogP contribution in [0.3, 0.4) is 0 Å². The molecule has 2 heterocycles. The van der Waals surface area contributed by atoms with Gasteiger partial charge in [-0.3, -0.25) is 9.69 Å². The molecule has 0 fully saturated rings. The minimum absolute atomic E-state index is 0.182. The number of hydrogen-bond acceptors (Lipinski definition) is 5. The zero-order valence-electron chi connectivity index (χ0n) is 13.4. The van der Waals surface area contributed by atoms with Gasteiger partial charge in [0, 0.05) is 38.5 Å². The number of carbonyl (C=O) groups excluding carboxylic acids is 1. The number of carbonyl (C=O) groups is 1. The number of benzene rings is 1. The zero-order chi connectivity index (χ0) is 16.8. The minimum Gasteiger partial charge on any atom is -0.390 e. The Morgan fingerprint density at radius 2 is 2.21 bits per heavy atom. The molecule has 1 aromatic carbocycles.